The molecule has 0 saturated carbocycles. The van der Waals surface area contributed by atoms with Crippen molar-refractivity contribution < 1.29 is 27.9 Å². The molecular formula is C14H14F3NO3. The van der Waals surface area contributed by atoms with Gasteiger partial charge >= 0.3 is 12.1 Å². The van der Waals surface area contributed by atoms with Gasteiger partial charge in [0.15, 0.2) is 0 Å². The lowest BCUT2D eigenvalue weighted by atomic mass is 9.89. The maximum absolute atomic E-state index is 12.5. The van der Waals surface area contributed by atoms with E-state index in [0.717, 1.165) is 12.1 Å². The molecule has 21 heavy (non-hydrogen) atoms. The highest BCUT2D eigenvalue weighted by molar-refractivity contribution is 5.80. The van der Waals surface area contributed by atoms with Crippen LogP contribution in [0.1, 0.15) is 36.3 Å². The Hall–Kier alpha value is -2.05. The molecule has 1 aromatic rings. The molecule has 0 aromatic heterocycles. The van der Waals surface area contributed by atoms with Gasteiger partial charge in [0.05, 0.1) is 5.56 Å². The molecule has 2 N–H and O–H groups in total. The first-order valence-corrected chi connectivity index (χ1v) is 6.45. The van der Waals surface area contributed by atoms with E-state index in [-0.39, 0.29) is 37.1 Å². The number of carbonyl (C=O) groups is 2. The summed E-state index contributed by atoms with van der Waals surface area (Å²) >= 11 is 0. The summed E-state index contributed by atoms with van der Waals surface area (Å²) in [5.74, 6) is -1.48. The molecule has 2 rings (SSSR count). The number of hydrogen-bond acceptors (Lipinski definition) is 2. The van der Waals surface area contributed by atoms with Gasteiger partial charge in [-0.2, -0.15) is 13.2 Å². The number of benzene rings is 1. The number of nitrogens with one attached hydrogen (secondary N) is 1. The highest BCUT2D eigenvalue weighted by Crippen LogP contribution is 2.34. The second kappa shape index (κ2) is 5.75. The molecule has 1 aromatic carbocycles. The number of halogens is 3. The van der Waals surface area contributed by atoms with Crippen LogP contribution in [0.4, 0.5) is 13.2 Å². The van der Waals surface area contributed by atoms with Crippen LogP contribution in [-0.2, 0) is 15.8 Å². The SMILES string of the molecule is O=C(O)CCC1NC(=O)CC1c1ccc(C(F)(F)F)cc1. The average Bonchev–Trinajstić information content (AvgIpc) is 2.77. The number of carboxylic acids is 1. The van der Waals surface area contributed by atoms with E-state index in [2.05, 4.69) is 5.32 Å². The third kappa shape index (κ3) is 3.74. The van der Waals surface area contributed by atoms with Gasteiger partial charge < -0.3 is 10.4 Å². The fourth-order valence-corrected chi connectivity index (χ4v) is 2.53. The third-order valence-electron chi connectivity index (χ3n) is 3.57. The van der Waals surface area contributed by atoms with Crippen LogP contribution in [0.5, 0.6) is 0 Å². The number of hydrogen-bond donors (Lipinski definition) is 2. The van der Waals surface area contributed by atoms with Gasteiger partial charge in [0, 0.05) is 24.8 Å². The highest BCUT2D eigenvalue weighted by atomic mass is 19.4. The van der Waals surface area contributed by atoms with Crippen molar-refractivity contribution >= 4 is 11.9 Å². The minimum Gasteiger partial charge on any atom is -0.481 e. The topological polar surface area (TPSA) is 66.4 Å². The molecule has 1 saturated heterocycles. The van der Waals surface area contributed by atoms with Gasteiger partial charge in [-0.1, -0.05) is 12.1 Å². The Morgan fingerprint density at radius 3 is 2.43 bits per heavy atom. The standard InChI is InChI=1S/C14H14F3NO3/c15-14(16,17)9-3-1-8(2-4-9)10-7-12(19)18-11(10)5-6-13(20)21/h1-4,10-11H,5-7H2,(H,18,19)(H,20,21). The summed E-state index contributed by atoms with van der Waals surface area (Å²) in [6.07, 6.45) is -4.07. The van der Waals surface area contributed by atoms with E-state index in [0.29, 0.717) is 5.56 Å². The van der Waals surface area contributed by atoms with Crippen molar-refractivity contribution in [3.8, 4) is 0 Å². The molecule has 1 aliphatic heterocycles. The lowest BCUT2D eigenvalue weighted by Gasteiger charge is -2.19. The Morgan fingerprint density at radius 1 is 1.29 bits per heavy atom. The van der Waals surface area contributed by atoms with Gasteiger partial charge in [-0.05, 0) is 24.1 Å². The van der Waals surface area contributed by atoms with E-state index in [1.54, 1.807) is 0 Å². The monoisotopic (exact) mass is 301 g/mol. The molecule has 7 heteroatoms. The van der Waals surface area contributed by atoms with Gasteiger partial charge in [0.25, 0.3) is 0 Å². The van der Waals surface area contributed by atoms with E-state index in [1.807, 2.05) is 0 Å². The highest BCUT2D eigenvalue weighted by Gasteiger charge is 2.35. The van der Waals surface area contributed by atoms with Crippen LogP contribution in [0.25, 0.3) is 0 Å². The van der Waals surface area contributed by atoms with Crippen LogP contribution in [-0.4, -0.2) is 23.0 Å². The maximum atomic E-state index is 12.5. The molecule has 2 unspecified atom stereocenters. The summed E-state index contributed by atoms with van der Waals surface area (Å²) in [6.45, 7) is 0. The molecule has 0 radical (unpaired) electrons. The lowest BCUT2D eigenvalue weighted by Crippen LogP contribution is -2.28. The number of carbonyl (C=O) groups excluding carboxylic acids is 1. The molecule has 2 atom stereocenters. The Kier molecular flexibility index (Phi) is 4.20. The van der Waals surface area contributed by atoms with E-state index in [1.165, 1.54) is 12.1 Å². The fourth-order valence-electron chi connectivity index (χ4n) is 2.53. The van der Waals surface area contributed by atoms with E-state index in [4.69, 9.17) is 5.11 Å². The number of carboxylic acid groups (broad SMARTS) is 1. The average molecular weight is 301 g/mol. The molecule has 1 amide bonds. The molecule has 0 spiro atoms. The second-order valence-electron chi connectivity index (χ2n) is 5.04. The molecule has 1 fully saturated rings. The summed E-state index contributed by atoms with van der Waals surface area (Å²) < 4.78 is 37.5. The van der Waals surface area contributed by atoms with Crippen LogP contribution < -0.4 is 5.32 Å². The predicted molar refractivity (Wildman–Crippen MR) is 67.6 cm³/mol. The quantitative estimate of drug-likeness (QED) is 0.898. The number of rotatable bonds is 4. The largest absolute Gasteiger partial charge is 0.481 e. The normalized spacial score (nSPS) is 22.1. The van der Waals surface area contributed by atoms with Gasteiger partial charge in [-0.15, -0.1) is 0 Å². The van der Waals surface area contributed by atoms with E-state index >= 15 is 0 Å². The first kappa shape index (κ1) is 15.3. The van der Waals surface area contributed by atoms with Gasteiger partial charge in [0.2, 0.25) is 5.91 Å². The second-order valence-corrected chi connectivity index (χ2v) is 5.04. The van der Waals surface area contributed by atoms with Crippen molar-refractivity contribution in [3.63, 3.8) is 0 Å². The third-order valence-corrected chi connectivity index (χ3v) is 3.57. The first-order chi connectivity index (χ1) is 9.77. The van der Waals surface area contributed by atoms with Crippen LogP contribution in [0.3, 0.4) is 0 Å². The Labute approximate surface area is 119 Å². The summed E-state index contributed by atoms with van der Waals surface area (Å²) in [6, 6.07) is 4.30. The Balaban J connectivity index is 2.14. The summed E-state index contributed by atoms with van der Waals surface area (Å²) in [7, 11) is 0. The van der Waals surface area contributed by atoms with Crippen molar-refractivity contribution in [1.82, 2.24) is 5.32 Å². The predicted octanol–water partition coefficient (Wildman–Crippen LogP) is 2.54. The van der Waals surface area contributed by atoms with E-state index < -0.39 is 17.7 Å². The van der Waals surface area contributed by atoms with E-state index in [9.17, 15) is 22.8 Å². The van der Waals surface area contributed by atoms with Crippen LogP contribution in [0.2, 0.25) is 0 Å². The Morgan fingerprint density at radius 2 is 1.90 bits per heavy atom. The van der Waals surface area contributed by atoms with Crippen molar-refractivity contribution in [2.45, 2.75) is 37.4 Å². The number of alkyl halides is 3. The lowest BCUT2D eigenvalue weighted by molar-refractivity contribution is -0.138. The molecule has 0 aliphatic carbocycles. The summed E-state index contributed by atoms with van der Waals surface area (Å²) in [5.41, 5.74) is -0.137. The molecule has 4 nitrogen and oxygen atoms in total. The van der Waals surface area contributed by atoms with Crippen molar-refractivity contribution in [2.75, 3.05) is 0 Å². The van der Waals surface area contributed by atoms with Crippen LogP contribution in [0, 0.1) is 0 Å². The molecule has 1 aliphatic rings. The van der Waals surface area contributed by atoms with Crippen LogP contribution in [0.15, 0.2) is 24.3 Å². The molecular weight excluding hydrogens is 287 g/mol. The Bertz CT molecular complexity index is 539. The van der Waals surface area contributed by atoms with Crippen molar-refractivity contribution in [1.29, 1.82) is 0 Å². The first-order valence-electron chi connectivity index (χ1n) is 6.45. The number of amides is 1. The zero-order valence-electron chi connectivity index (χ0n) is 11.0. The smallest absolute Gasteiger partial charge is 0.416 e. The maximum Gasteiger partial charge on any atom is 0.416 e. The molecule has 114 valence electrons. The zero-order valence-corrected chi connectivity index (χ0v) is 11.0. The molecule has 1 heterocycles. The minimum absolute atomic E-state index is 0.0952. The van der Waals surface area contributed by atoms with Gasteiger partial charge in [-0.3, -0.25) is 9.59 Å². The fraction of sp³-hybridized carbons (Fsp3) is 0.429. The zero-order chi connectivity index (χ0) is 15.6. The summed E-state index contributed by atoms with van der Waals surface area (Å²) in [5, 5.41) is 11.4. The van der Waals surface area contributed by atoms with Crippen molar-refractivity contribution in [3.05, 3.63) is 35.4 Å². The van der Waals surface area contributed by atoms with Gasteiger partial charge in [-0.25, -0.2) is 0 Å². The summed E-state index contributed by atoms with van der Waals surface area (Å²) in [4.78, 5) is 22.1. The van der Waals surface area contributed by atoms with Crippen molar-refractivity contribution in [2.24, 2.45) is 0 Å². The van der Waals surface area contributed by atoms with Crippen LogP contribution >= 0.6 is 0 Å². The minimum atomic E-state index is -4.40. The van der Waals surface area contributed by atoms with Gasteiger partial charge in [0.1, 0.15) is 0 Å². The number of aliphatic carboxylic acids is 1. The molecule has 0 bridgehead atoms.